The minimum atomic E-state index is 0.419. The molecule has 0 spiro atoms. The number of ether oxygens (including phenoxy) is 1. The summed E-state index contributed by atoms with van der Waals surface area (Å²) in [6, 6.07) is 0. The van der Waals surface area contributed by atoms with Crippen LogP contribution in [-0.4, -0.2) is 27.8 Å². The summed E-state index contributed by atoms with van der Waals surface area (Å²) in [5, 5.41) is 4.27. The number of nitrogen functional groups attached to an aromatic ring is 1. The standard InChI is InChI=1S/C11H14N4O/c12-9-4-13-11-10(5-14-15(11)6-9)8-2-1-3-16-7-8/h4-6,8H,1-3,7,12H2. The van der Waals surface area contributed by atoms with Crippen LogP contribution in [0, 0.1) is 0 Å². The van der Waals surface area contributed by atoms with E-state index < -0.39 is 0 Å². The van der Waals surface area contributed by atoms with Crippen molar-refractivity contribution in [1.29, 1.82) is 0 Å². The molecule has 0 saturated carbocycles. The molecule has 0 amide bonds. The Kier molecular flexibility index (Phi) is 2.25. The van der Waals surface area contributed by atoms with Crippen molar-refractivity contribution in [3.63, 3.8) is 0 Å². The van der Waals surface area contributed by atoms with Gasteiger partial charge in [-0.2, -0.15) is 5.10 Å². The summed E-state index contributed by atoms with van der Waals surface area (Å²) in [5.41, 5.74) is 8.35. The monoisotopic (exact) mass is 218 g/mol. The van der Waals surface area contributed by atoms with Crippen LogP contribution in [-0.2, 0) is 4.74 Å². The van der Waals surface area contributed by atoms with E-state index in [1.54, 1.807) is 16.9 Å². The first-order chi connectivity index (χ1) is 7.84. The average molecular weight is 218 g/mol. The molecule has 1 aliphatic rings. The molecule has 1 saturated heterocycles. The Labute approximate surface area is 93.2 Å². The molecule has 1 atom stereocenters. The van der Waals surface area contributed by atoms with Crippen LogP contribution >= 0.6 is 0 Å². The maximum Gasteiger partial charge on any atom is 0.158 e. The second-order valence-corrected chi connectivity index (χ2v) is 4.17. The Hall–Kier alpha value is -1.62. The van der Waals surface area contributed by atoms with Gasteiger partial charge in [0.1, 0.15) is 0 Å². The lowest BCUT2D eigenvalue weighted by atomic mass is 9.96. The van der Waals surface area contributed by atoms with E-state index in [2.05, 4.69) is 10.1 Å². The van der Waals surface area contributed by atoms with Gasteiger partial charge in [0, 0.05) is 18.1 Å². The van der Waals surface area contributed by atoms with Crippen LogP contribution in [0.5, 0.6) is 0 Å². The number of fused-ring (bicyclic) bond motifs is 1. The van der Waals surface area contributed by atoms with Crippen molar-refractivity contribution in [2.75, 3.05) is 18.9 Å². The van der Waals surface area contributed by atoms with Gasteiger partial charge in [-0.3, -0.25) is 0 Å². The van der Waals surface area contributed by atoms with E-state index in [0.717, 1.165) is 31.7 Å². The molecular weight excluding hydrogens is 204 g/mol. The Bertz CT molecular complexity index is 502. The second kappa shape index (κ2) is 3.75. The zero-order valence-electron chi connectivity index (χ0n) is 8.97. The van der Waals surface area contributed by atoms with Crippen molar-refractivity contribution in [3.8, 4) is 0 Å². The number of anilines is 1. The number of hydrogen-bond acceptors (Lipinski definition) is 4. The summed E-state index contributed by atoms with van der Waals surface area (Å²) >= 11 is 0. The maximum atomic E-state index is 5.66. The summed E-state index contributed by atoms with van der Waals surface area (Å²) in [7, 11) is 0. The lowest BCUT2D eigenvalue weighted by Crippen LogP contribution is -2.15. The third kappa shape index (κ3) is 1.53. The first kappa shape index (κ1) is 9.59. The summed E-state index contributed by atoms with van der Waals surface area (Å²) in [4.78, 5) is 4.34. The summed E-state index contributed by atoms with van der Waals surface area (Å²) in [6.07, 6.45) is 7.59. The molecule has 2 aromatic heterocycles. The van der Waals surface area contributed by atoms with E-state index in [4.69, 9.17) is 10.5 Å². The highest BCUT2D eigenvalue weighted by Crippen LogP contribution is 2.27. The van der Waals surface area contributed by atoms with Gasteiger partial charge < -0.3 is 10.5 Å². The number of nitrogens with zero attached hydrogens (tertiary/aromatic N) is 3. The number of hydrogen-bond donors (Lipinski definition) is 1. The molecule has 3 heterocycles. The van der Waals surface area contributed by atoms with E-state index in [-0.39, 0.29) is 0 Å². The molecule has 2 N–H and O–H groups in total. The van der Waals surface area contributed by atoms with E-state index in [0.29, 0.717) is 11.6 Å². The van der Waals surface area contributed by atoms with Crippen molar-refractivity contribution in [2.45, 2.75) is 18.8 Å². The maximum absolute atomic E-state index is 5.66. The van der Waals surface area contributed by atoms with Gasteiger partial charge in [0.15, 0.2) is 5.65 Å². The van der Waals surface area contributed by atoms with Gasteiger partial charge in [-0.1, -0.05) is 0 Å². The zero-order chi connectivity index (χ0) is 11.0. The Morgan fingerprint density at radius 3 is 3.19 bits per heavy atom. The fourth-order valence-electron chi connectivity index (χ4n) is 2.18. The van der Waals surface area contributed by atoms with Crippen LogP contribution < -0.4 is 5.73 Å². The Morgan fingerprint density at radius 1 is 1.44 bits per heavy atom. The lowest BCUT2D eigenvalue weighted by molar-refractivity contribution is 0.0807. The highest BCUT2D eigenvalue weighted by molar-refractivity contribution is 5.51. The smallest absolute Gasteiger partial charge is 0.158 e. The molecule has 1 unspecified atom stereocenters. The molecule has 0 aromatic carbocycles. The fourth-order valence-corrected chi connectivity index (χ4v) is 2.18. The predicted octanol–water partition coefficient (Wildman–Crippen LogP) is 1.21. The van der Waals surface area contributed by atoms with E-state index in [1.165, 1.54) is 5.56 Å². The third-order valence-corrected chi connectivity index (χ3v) is 3.00. The molecular formula is C11H14N4O. The molecule has 0 radical (unpaired) electrons. The van der Waals surface area contributed by atoms with E-state index in [1.807, 2.05) is 6.20 Å². The van der Waals surface area contributed by atoms with Crippen LogP contribution in [0.2, 0.25) is 0 Å². The van der Waals surface area contributed by atoms with Crippen LogP contribution in [0.4, 0.5) is 5.69 Å². The lowest BCUT2D eigenvalue weighted by Gasteiger charge is -2.20. The third-order valence-electron chi connectivity index (χ3n) is 3.00. The first-order valence-electron chi connectivity index (χ1n) is 5.51. The summed E-state index contributed by atoms with van der Waals surface area (Å²) in [6.45, 7) is 1.64. The topological polar surface area (TPSA) is 65.4 Å². The quantitative estimate of drug-likeness (QED) is 0.781. The van der Waals surface area contributed by atoms with Gasteiger partial charge in [0.05, 0.1) is 30.9 Å². The molecule has 1 fully saturated rings. The van der Waals surface area contributed by atoms with E-state index in [9.17, 15) is 0 Å². The van der Waals surface area contributed by atoms with Crippen molar-refractivity contribution in [2.24, 2.45) is 0 Å². The van der Waals surface area contributed by atoms with Gasteiger partial charge in [-0.15, -0.1) is 0 Å². The normalized spacial score (nSPS) is 21.4. The van der Waals surface area contributed by atoms with Crippen LogP contribution in [0.3, 0.4) is 0 Å². The van der Waals surface area contributed by atoms with Crippen LogP contribution in [0.1, 0.15) is 24.3 Å². The van der Waals surface area contributed by atoms with Gasteiger partial charge in [0.2, 0.25) is 0 Å². The molecule has 84 valence electrons. The molecule has 5 heteroatoms. The molecule has 0 bridgehead atoms. The Balaban J connectivity index is 2.03. The number of aromatic nitrogens is 3. The average Bonchev–Trinajstić information content (AvgIpc) is 2.73. The highest BCUT2D eigenvalue weighted by Gasteiger charge is 2.20. The Morgan fingerprint density at radius 2 is 2.38 bits per heavy atom. The van der Waals surface area contributed by atoms with Gasteiger partial charge in [-0.25, -0.2) is 9.50 Å². The summed E-state index contributed by atoms with van der Waals surface area (Å²) in [5.74, 6) is 0.419. The zero-order valence-corrected chi connectivity index (χ0v) is 8.97. The minimum Gasteiger partial charge on any atom is -0.396 e. The van der Waals surface area contributed by atoms with Gasteiger partial charge in [0.25, 0.3) is 0 Å². The summed E-state index contributed by atoms with van der Waals surface area (Å²) < 4.78 is 7.22. The number of rotatable bonds is 1. The van der Waals surface area contributed by atoms with Crippen molar-refractivity contribution in [3.05, 3.63) is 24.2 Å². The van der Waals surface area contributed by atoms with Crippen LogP contribution in [0.25, 0.3) is 5.65 Å². The SMILES string of the molecule is Nc1cnc2c(C3CCCOC3)cnn2c1. The minimum absolute atomic E-state index is 0.419. The second-order valence-electron chi connectivity index (χ2n) is 4.17. The fraction of sp³-hybridized carbons (Fsp3) is 0.455. The van der Waals surface area contributed by atoms with Gasteiger partial charge in [-0.05, 0) is 12.8 Å². The molecule has 5 nitrogen and oxygen atoms in total. The molecule has 2 aromatic rings. The highest BCUT2D eigenvalue weighted by atomic mass is 16.5. The predicted molar refractivity (Wildman–Crippen MR) is 60.2 cm³/mol. The van der Waals surface area contributed by atoms with Gasteiger partial charge >= 0.3 is 0 Å². The first-order valence-corrected chi connectivity index (χ1v) is 5.51. The molecule has 3 rings (SSSR count). The molecule has 16 heavy (non-hydrogen) atoms. The molecule has 1 aliphatic heterocycles. The van der Waals surface area contributed by atoms with E-state index >= 15 is 0 Å². The van der Waals surface area contributed by atoms with Crippen LogP contribution in [0.15, 0.2) is 18.6 Å². The number of nitrogens with two attached hydrogens (primary N) is 1. The largest absolute Gasteiger partial charge is 0.396 e. The molecule has 0 aliphatic carbocycles. The van der Waals surface area contributed by atoms with Crippen molar-refractivity contribution < 1.29 is 4.74 Å². The van der Waals surface area contributed by atoms with Crippen molar-refractivity contribution >= 4 is 11.3 Å². The van der Waals surface area contributed by atoms with Crippen molar-refractivity contribution in [1.82, 2.24) is 14.6 Å².